The van der Waals surface area contributed by atoms with Crippen molar-refractivity contribution in [2.45, 2.75) is 0 Å². The lowest BCUT2D eigenvalue weighted by atomic mass is 9.99. The van der Waals surface area contributed by atoms with Gasteiger partial charge in [-0.25, -0.2) is 20.0 Å². The van der Waals surface area contributed by atoms with Crippen LogP contribution in [0.1, 0.15) is 22.3 Å². The molecule has 4 aromatic rings. The van der Waals surface area contributed by atoms with Crippen LogP contribution in [0, 0.1) is 0 Å². The molecule has 0 atom stereocenters. The Morgan fingerprint density at radius 2 is 0.667 bits per heavy atom. The van der Waals surface area contributed by atoms with Crippen LogP contribution in [0.15, 0.2) is 172 Å². The van der Waals surface area contributed by atoms with Crippen molar-refractivity contribution in [3.63, 3.8) is 0 Å². The van der Waals surface area contributed by atoms with E-state index in [0.29, 0.717) is 0 Å². The highest BCUT2D eigenvalue weighted by molar-refractivity contribution is 7.08. The maximum Gasteiger partial charge on any atom is 0.0738 e. The van der Waals surface area contributed by atoms with Crippen molar-refractivity contribution in [3.8, 4) is 0 Å². The predicted octanol–water partition coefficient (Wildman–Crippen LogP) is 9.87. The summed E-state index contributed by atoms with van der Waals surface area (Å²) in [6.45, 7) is 0. The molecule has 0 saturated carbocycles. The molecular formula is C38H22N4S3. The Hall–Kier alpha value is -5.08. The average molecular weight is 631 g/mol. The Labute approximate surface area is 272 Å². The van der Waals surface area contributed by atoms with Gasteiger partial charge in [0.25, 0.3) is 0 Å². The fraction of sp³-hybridized carbons (Fsp3) is 0. The summed E-state index contributed by atoms with van der Waals surface area (Å²) in [5.74, 6) is 0. The van der Waals surface area contributed by atoms with Gasteiger partial charge in [-0.15, -0.1) is 0 Å². The second-order valence-electron chi connectivity index (χ2n) is 10.8. The summed E-state index contributed by atoms with van der Waals surface area (Å²) < 4.78 is 0. The van der Waals surface area contributed by atoms with Gasteiger partial charge in [-0.3, -0.25) is 0 Å². The molecule has 0 radical (unpaired) electrons. The predicted molar refractivity (Wildman–Crippen MR) is 193 cm³/mol. The van der Waals surface area contributed by atoms with Gasteiger partial charge >= 0.3 is 0 Å². The van der Waals surface area contributed by atoms with Gasteiger partial charge in [0.05, 0.1) is 45.6 Å². The number of nitrogens with zero attached hydrogens (tertiary/aromatic N) is 4. The Bertz CT molecular complexity index is 2220. The molecule has 0 amide bonds. The van der Waals surface area contributed by atoms with Crippen LogP contribution >= 0.6 is 34.0 Å². The molecule has 5 aliphatic rings. The van der Waals surface area contributed by atoms with Gasteiger partial charge in [0, 0.05) is 22.3 Å². The van der Waals surface area contributed by atoms with Crippen LogP contribution in [0.3, 0.4) is 0 Å². The van der Waals surface area contributed by atoms with Crippen LogP contribution < -0.4 is 0 Å². The molecule has 0 saturated heterocycles. The molecule has 3 aromatic heterocycles. The molecule has 9 rings (SSSR count). The maximum absolute atomic E-state index is 5.28. The number of fused-ring (bicyclic) bond motifs is 4. The number of hydrogen-bond acceptors (Lipinski definition) is 7. The molecule has 8 heterocycles. The van der Waals surface area contributed by atoms with E-state index in [0.717, 1.165) is 90.2 Å². The Balaban J connectivity index is 1.37. The topological polar surface area (TPSA) is 49.4 Å². The molecule has 5 aliphatic heterocycles. The zero-order valence-electron chi connectivity index (χ0n) is 23.7. The first-order valence-corrected chi connectivity index (χ1v) is 17.3. The summed E-state index contributed by atoms with van der Waals surface area (Å²) in [7, 11) is 0. The lowest BCUT2D eigenvalue weighted by Gasteiger charge is -2.11. The minimum Gasteiger partial charge on any atom is -0.248 e. The zero-order valence-corrected chi connectivity index (χ0v) is 26.2. The van der Waals surface area contributed by atoms with E-state index in [4.69, 9.17) is 20.0 Å². The Kier molecular flexibility index (Phi) is 6.33. The first-order valence-electron chi connectivity index (χ1n) is 14.5. The minimum absolute atomic E-state index is 0.879. The molecular weight excluding hydrogens is 609 g/mol. The molecule has 7 heteroatoms. The van der Waals surface area contributed by atoms with Gasteiger partial charge in [-0.2, -0.15) is 34.0 Å². The summed E-state index contributed by atoms with van der Waals surface area (Å²) in [4.78, 5) is 21.1. The number of allylic oxidation sites excluding steroid dienone is 12. The second kappa shape index (κ2) is 10.8. The summed E-state index contributed by atoms with van der Waals surface area (Å²) in [6.07, 6.45) is 16.9. The monoisotopic (exact) mass is 630 g/mol. The van der Waals surface area contributed by atoms with Crippen molar-refractivity contribution in [3.05, 3.63) is 174 Å². The molecule has 212 valence electrons. The molecule has 45 heavy (non-hydrogen) atoms. The Morgan fingerprint density at radius 3 is 0.978 bits per heavy atom. The number of benzene rings is 1. The third kappa shape index (κ3) is 4.56. The summed E-state index contributed by atoms with van der Waals surface area (Å²) in [6, 6.07) is 16.8. The lowest BCUT2D eigenvalue weighted by Crippen LogP contribution is -2.03. The van der Waals surface area contributed by atoms with E-state index in [1.54, 1.807) is 34.0 Å². The van der Waals surface area contributed by atoms with Crippen molar-refractivity contribution < 1.29 is 0 Å². The van der Waals surface area contributed by atoms with E-state index in [9.17, 15) is 0 Å². The van der Waals surface area contributed by atoms with E-state index in [-0.39, 0.29) is 0 Å². The van der Waals surface area contributed by atoms with Crippen molar-refractivity contribution in [1.29, 1.82) is 0 Å². The number of rotatable bonds is 4. The van der Waals surface area contributed by atoms with Gasteiger partial charge in [0.2, 0.25) is 0 Å². The number of aliphatic imine (C=N–C) groups is 4. The second-order valence-corrected chi connectivity index (χ2v) is 13.1. The van der Waals surface area contributed by atoms with E-state index in [1.165, 1.54) is 0 Å². The summed E-state index contributed by atoms with van der Waals surface area (Å²) >= 11 is 5.02. The van der Waals surface area contributed by atoms with Crippen LogP contribution in [0.4, 0.5) is 0 Å². The summed E-state index contributed by atoms with van der Waals surface area (Å²) in [5.41, 5.74) is 15.5. The normalized spacial score (nSPS) is 18.5. The minimum atomic E-state index is 0.879. The van der Waals surface area contributed by atoms with E-state index in [1.807, 2.05) is 6.07 Å². The average Bonchev–Trinajstić information content (AvgIpc) is 3.92. The third-order valence-corrected chi connectivity index (χ3v) is 10.2. The molecule has 0 fully saturated rings. The van der Waals surface area contributed by atoms with Gasteiger partial charge in [0.15, 0.2) is 0 Å². The van der Waals surface area contributed by atoms with E-state index in [2.05, 4.69) is 123 Å². The van der Waals surface area contributed by atoms with Crippen molar-refractivity contribution in [2.75, 3.05) is 0 Å². The standard InChI is InChI=1S/C38H22N4S3/c1-2-4-23(5-3-1)35-27-6-8-29(39-27)36(24-14-17-43-20-24)31-10-12-33(41-31)38(26-16-19-45-22-26)34-13-11-32(42-34)37(25-15-18-44-21-25)30-9-7-28(35)40-30/h1-22H. The van der Waals surface area contributed by atoms with Crippen LogP contribution in [0.2, 0.25) is 0 Å². The van der Waals surface area contributed by atoms with Crippen molar-refractivity contribution in [2.24, 2.45) is 20.0 Å². The van der Waals surface area contributed by atoms with Gasteiger partial charge in [-0.1, -0.05) is 30.3 Å². The van der Waals surface area contributed by atoms with Gasteiger partial charge in [0.1, 0.15) is 0 Å². The van der Waals surface area contributed by atoms with Crippen LogP contribution in [-0.4, -0.2) is 22.8 Å². The van der Waals surface area contributed by atoms with Crippen molar-refractivity contribution >= 4 is 79.1 Å². The smallest absolute Gasteiger partial charge is 0.0738 e. The van der Waals surface area contributed by atoms with Crippen LogP contribution in [-0.2, 0) is 0 Å². The van der Waals surface area contributed by atoms with Gasteiger partial charge in [-0.05, 0) is 121 Å². The number of thiophene rings is 3. The SMILES string of the molecule is C1=CC2=C(c3ccccc3)C3=NC(=C(c4ccsc4)C4=NC(=C(c5ccsc5)C5=NC(=C(c6ccsc6)C1=N2)C=C5)C=C4)C=C3. The highest BCUT2D eigenvalue weighted by Gasteiger charge is 2.27. The van der Waals surface area contributed by atoms with E-state index >= 15 is 0 Å². The Morgan fingerprint density at radius 1 is 0.333 bits per heavy atom. The first-order chi connectivity index (χ1) is 22.3. The van der Waals surface area contributed by atoms with Crippen LogP contribution in [0.5, 0.6) is 0 Å². The fourth-order valence-electron chi connectivity index (χ4n) is 6.10. The highest BCUT2D eigenvalue weighted by atomic mass is 32.1. The molecule has 8 bridgehead atoms. The maximum atomic E-state index is 5.28. The highest BCUT2D eigenvalue weighted by Crippen LogP contribution is 2.39. The zero-order chi connectivity index (χ0) is 29.7. The largest absolute Gasteiger partial charge is 0.248 e. The molecule has 0 spiro atoms. The summed E-state index contributed by atoms with van der Waals surface area (Å²) in [5, 5.41) is 12.8. The number of hydrogen-bond donors (Lipinski definition) is 0. The van der Waals surface area contributed by atoms with Gasteiger partial charge < -0.3 is 0 Å². The lowest BCUT2D eigenvalue weighted by molar-refractivity contribution is 1.41. The fourth-order valence-corrected chi connectivity index (χ4v) is 8.04. The molecule has 0 unspecified atom stereocenters. The molecule has 4 nitrogen and oxygen atoms in total. The van der Waals surface area contributed by atoms with E-state index < -0.39 is 0 Å². The first kappa shape index (κ1) is 26.3. The molecule has 0 N–H and O–H groups in total. The molecule has 1 aromatic carbocycles. The van der Waals surface area contributed by atoms with Crippen LogP contribution in [0.25, 0.3) is 22.3 Å². The molecule has 0 aliphatic carbocycles. The van der Waals surface area contributed by atoms with Crippen molar-refractivity contribution in [1.82, 2.24) is 0 Å². The third-order valence-electron chi connectivity index (χ3n) is 8.10. The quantitative estimate of drug-likeness (QED) is 0.216.